The fourth-order valence-electron chi connectivity index (χ4n) is 2.07. The Morgan fingerprint density at radius 1 is 1.33 bits per heavy atom. The molecule has 0 radical (unpaired) electrons. The molecule has 128 valence electrons. The number of hydrogen-bond acceptors (Lipinski definition) is 3. The summed E-state index contributed by atoms with van der Waals surface area (Å²) < 4.78 is 7.41. The number of carbonyl (C=O) groups excluding carboxylic acids is 1. The molecule has 0 amide bonds. The van der Waals surface area contributed by atoms with E-state index in [1.165, 1.54) is 0 Å². The molecule has 0 atom stereocenters. The number of nitrogens with zero attached hydrogens (tertiary/aromatic N) is 2. The van der Waals surface area contributed by atoms with Gasteiger partial charge in [0.15, 0.2) is 5.78 Å². The van der Waals surface area contributed by atoms with Gasteiger partial charge in [-0.05, 0) is 48.8 Å². The number of aromatic nitrogens is 2. The lowest BCUT2D eigenvalue weighted by Gasteiger charge is -2.08. The maximum atomic E-state index is 12.2. The van der Waals surface area contributed by atoms with Gasteiger partial charge in [-0.15, -0.1) is 11.6 Å². The summed E-state index contributed by atoms with van der Waals surface area (Å²) in [6, 6.07) is 7.24. The minimum absolute atomic E-state index is 0.0474. The number of allylic oxidation sites excluding steroid dienone is 1. The Hall–Kier alpha value is -2.07. The van der Waals surface area contributed by atoms with Crippen molar-refractivity contribution in [2.45, 2.75) is 26.8 Å². The molecule has 0 saturated heterocycles. The van der Waals surface area contributed by atoms with Crippen LogP contribution in [0, 0.1) is 5.92 Å². The standard InChI is InChI=1S/C19H23ClN2O2/c1-15(2)9-12-24-18-6-4-17(5-7-18)19(23)8-3-16-13-21-22(14-16)11-10-20/h3-8,13-15H,9-12H2,1-2H3. The molecule has 0 saturated carbocycles. The summed E-state index contributed by atoms with van der Waals surface area (Å²) >= 11 is 5.67. The number of aryl methyl sites for hydroxylation is 1. The minimum atomic E-state index is -0.0474. The summed E-state index contributed by atoms with van der Waals surface area (Å²) in [5.41, 5.74) is 1.51. The van der Waals surface area contributed by atoms with Crippen LogP contribution in [0.1, 0.15) is 36.2 Å². The van der Waals surface area contributed by atoms with Gasteiger partial charge in [0, 0.05) is 23.2 Å². The van der Waals surface area contributed by atoms with E-state index in [4.69, 9.17) is 16.3 Å². The molecule has 1 aromatic heterocycles. The van der Waals surface area contributed by atoms with Gasteiger partial charge < -0.3 is 4.74 Å². The van der Waals surface area contributed by atoms with Crippen molar-refractivity contribution in [3.8, 4) is 5.75 Å². The topological polar surface area (TPSA) is 44.1 Å². The molecule has 0 unspecified atom stereocenters. The van der Waals surface area contributed by atoms with Crippen LogP contribution in [-0.4, -0.2) is 28.1 Å². The first-order valence-electron chi connectivity index (χ1n) is 8.12. The maximum Gasteiger partial charge on any atom is 0.185 e. The van der Waals surface area contributed by atoms with Crippen LogP contribution >= 0.6 is 11.6 Å². The first-order valence-corrected chi connectivity index (χ1v) is 8.65. The van der Waals surface area contributed by atoms with E-state index in [9.17, 15) is 4.79 Å². The van der Waals surface area contributed by atoms with Gasteiger partial charge in [-0.25, -0.2) is 0 Å². The molecule has 5 heteroatoms. The fourth-order valence-corrected chi connectivity index (χ4v) is 2.24. The van der Waals surface area contributed by atoms with Crippen LogP contribution in [0.4, 0.5) is 0 Å². The SMILES string of the molecule is CC(C)CCOc1ccc(C(=O)C=Cc2cnn(CCCl)c2)cc1. The van der Waals surface area contributed by atoms with E-state index in [1.807, 2.05) is 18.3 Å². The van der Waals surface area contributed by atoms with E-state index in [0.717, 1.165) is 17.7 Å². The second kappa shape index (κ2) is 9.28. The highest BCUT2D eigenvalue weighted by atomic mass is 35.5. The molecule has 0 aliphatic rings. The highest BCUT2D eigenvalue weighted by Crippen LogP contribution is 2.14. The number of ether oxygens (including phenoxy) is 1. The van der Waals surface area contributed by atoms with Crippen molar-refractivity contribution >= 4 is 23.5 Å². The van der Waals surface area contributed by atoms with Crippen molar-refractivity contribution in [2.75, 3.05) is 12.5 Å². The van der Waals surface area contributed by atoms with Crippen molar-refractivity contribution in [3.05, 3.63) is 53.9 Å². The van der Waals surface area contributed by atoms with E-state index in [0.29, 0.717) is 30.5 Å². The number of hydrogen-bond donors (Lipinski definition) is 0. The van der Waals surface area contributed by atoms with Crippen LogP contribution in [-0.2, 0) is 6.54 Å². The van der Waals surface area contributed by atoms with E-state index in [1.54, 1.807) is 35.2 Å². The zero-order chi connectivity index (χ0) is 17.4. The molecule has 1 aromatic carbocycles. The molecular weight excluding hydrogens is 324 g/mol. The molecule has 0 aliphatic heterocycles. The maximum absolute atomic E-state index is 12.2. The number of alkyl halides is 1. The molecular formula is C19H23ClN2O2. The lowest BCUT2D eigenvalue weighted by Crippen LogP contribution is -2.01. The average Bonchev–Trinajstić information content (AvgIpc) is 3.01. The second-order valence-corrected chi connectivity index (χ2v) is 6.36. The summed E-state index contributed by atoms with van der Waals surface area (Å²) in [6.45, 7) is 5.67. The van der Waals surface area contributed by atoms with Gasteiger partial charge in [-0.2, -0.15) is 5.10 Å². The van der Waals surface area contributed by atoms with Crippen molar-refractivity contribution in [1.82, 2.24) is 9.78 Å². The van der Waals surface area contributed by atoms with Crippen LogP contribution in [0.2, 0.25) is 0 Å². The quantitative estimate of drug-likeness (QED) is 0.383. The lowest BCUT2D eigenvalue weighted by atomic mass is 10.1. The van der Waals surface area contributed by atoms with Crippen LogP contribution in [0.15, 0.2) is 42.7 Å². The number of carbonyl (C=O) groups is 1. The Morgan fingerprint density at radius 2 is 2.08 bits per heavy atom. The van der Waals surface area contributed by atoms with E-state index < -0.39 is 0 Å². The predicted octanol–water partition coefficient (Wildman–Crippen LogP) is 4.44. The Labute approximate surface area is 148 Å². The second-order valence-electron chi connectivity index (χ2n) is 5.98. The zero-order valence-corrected chi connectivity index (χ0v) is 14.9. The normalized spacial score (nSPS) is 11.3. The fraction of sp³-hybridized carbons (Fsp3) is 0.368. The van der Waals surface area contributed by atoms with E-state index in [-0.39, 0.29) is 5.78 Å². The minimum Gasteiger partial charge on any atom is -0.494 e. The molecule has 0 bridgehead atoms. The summed E-state index contributed by atoms with van der Waals surface area (Å²) in [7, 11) is 0. The molecule has 1 heterocycles. The molecule has 0 N–H and O–H groups in total. The van der Waals surface area contributed by atoms with Gasteiger partial charge in [0.1, 0.15) is 5.75 Å². The molecule has 2 rings (SSSR count). The van der Waals surface area contributed by atoms with Gasteiger partial charge in [0.05, 0.1) is 19.3 Å². The first kappa shape index (κ1) is 18.3. The van der Waals surface area contributed by atoms with Gasteiger partial charge in [0.25, 0.3) is 0 Å². The average molecular weight is 347 g/mol. The van der Waals surface area contributed by atoms with Crippen LogP contribution in [0.3, 0.4) is 0 Å². The van der Waals surface area contributed by atoms with Gasteiger partial charge in [-0.3, -0.25) is 9.48 Å². The third-order valence-corrected chi connectivity index (χ3v) is 3.67. The summed E-state index contributed by atoms with van der Waals surface area (Å²) in [4.78, 5) is 12.2. The van der Waals surface area contributed by atoms with Crippen molar-refractivity contribution < 1.29 is 9.53 Å². The molecule has 24 heavy (non-hydrogen) atoms. The van der Waals surface area contributed by atoms with E-state index >= 15 is 0 Å². The molecule has 0 spiro atoms. The van der Waals surface area contributed by atoms with Gasteiger partial charge in [-0.1, -0.05) is 13.8 Å². The summed E-state index contributed by atoms with van der Waals surface area (Å²) in [5.74, 6) is 1.87. The third kappa shape index (κ3) is 5.85. The van der Waals surface area contributed by atoms with Crippen LogP contribution in [0.25, 0.3) is 6.08 Å². The molecule has 0 fully saturated rings. The summed E-state index contributed by atoms with van der Waals surface area (Å²) in [5, 5.41) is 4.16. The number of rotatable bonds is 9. The molecule has 4 nitrogen and oxygen atoms in total. The first-order chi connectivity index (χ1) is 11.6. The van der Waals surface area contributed by atoms with Crippen molar-refractivity contribution in [3.63, 3.8) is 0 Å². The Balaban J connectivity index is 1.90. The highest BCUT2D eigenvalue weighted by Gasteiger charge is 2.03. The van der Waals surface area contributed by atoms with Crippen molar-refractivity contribution in [2.24, 2.45) is 5.92 Å². The summed E-state index contributed by atoms with van der Waals surface area (Å²) in [6.07, 6.45) is 7.89. The third-order valence-electron chi connectivity index (χ3n) is 3.50. The van der Waals surface area contributed by atoms with Crippen LogP contribution < -0.4 is 4.74 Å². The predicted molar refractivity (Wildman–Crippen MR) is 97.7 cm³/mol. The van der Waals surface area contributed by atoms with Crippen molar-refractivity contribution in [1.29, 1.82) is 0 Å². The van der Waals surface area contributed by atoms with Gasteiger partial charge in [0.2, 0.25) is 0 Å². The Bertz CT molecular complexity index is 675. The Morgan fingerprint density at radius 3 is 2.75 bits per heavy atom. The monoisotopic (exact) mass is 346 g/mol. The Kier molecular flexibility index (Phi) is 7.07. The van der Waals surface area contributed by atoms with E-state index in [2.05, 4.69) is 18.9 Å². The molecule has 2 aromatic rings. The smallest absolute Gasteiger partial charge is 0.185 e. The number of halogens is 1. The number of benzene rings is 1. The zero-order valence-electron chi connectivity index (χ0n) is 14.1. The van der Waals surface area contributed by atoms with Crippen LogP contribution in [0.5, 0.6) is 5.75 Å². The highest BCUT2D eigenvalue weighted by molar-refractivity contribution is 6.17. The number of ketones is 1. The largest absolute Gasteiger partial charge is 0.494 e. The van der Waals surface area contributed by atoms with Gasteiger partial charge >= 0.3 is 0 Å². The molecule has 0 aliphatic carbocycles. The lowest BCUT2D eigenvalue weighted by molar-refractivity contribution is 0.104.